The fourth-order valence-electron chi connectivity index (χ4n) is 3.55. The molecule has 4 N–H and O–H groups in total. The van der Waals surface area contributed by atoms with Crippen molar-refractivity contribution in [3.05, 3.63) is 77.6 Å². The molecule has 0 unspecified atom stereocenters. The maximum atomic E-state index is 13.0. The van der Waals surface area contributed by atoms with E-state index < -0.39 is 0 Å². The minimum atomic E-state index is -0.232. The van der Waals surface area contributed by atoms with Crippen LogP contribution in [0.4, 0.5) is 23.1 Å². The zero-order valence-corrected chi connectivity index (χ0v) is 17.7. The zero-order valence-electron chi connectivity index (χ0n) is 17.7. The van der Waals surface area contributed by atoms with Gasteiger partial charge in [-0.25, -0.2) is 15.0 Å². The summed E-state index contributed by atoms with van der Waals surface area (Å²) in [4.78, 5) is 25.6. The van der Waals surface area contributed by atoms with E-state index in [0.717, 1.165) is 27.8 Å². The van der Waals surface area contributed by atoms with Crippen molar-refractivity contribution in [2.24, 2.45) is 0 Å². The van der Waals surface area contributed by atoms with Crippen LogP contribution >= 0.6 is 0 Å². The number of fused-ring (bicyclic) bond motifs is 1. The Balaban J connectivity index is 1.57. The van der Waals surface area contributed by atoms with E-state index >= 15 is 0 Å². The largest absolute Gasteiger partial charge is 0.368 e. The van der Waals surface area contributed by atoms with Gasteiger partial charge in [0.05, 0.1) is 11.1 Å². The lowest BCUT2D eigenvalue weighted by molar-refractivity contribution is 0.102. The molecule has 0 radical (unpaired) electrons. The first-order valence-electron chi connectivity index (χ1n) is 10.1. The van der Waals surface area contributed by atoms with Gasteiger partial charge in [-0.2, -0.15) is 0 Å². The average Bonchev–Trinajstić information content (AvgIpc) is 2.74. The molecule has 0 saturated carbocycles. The fourth-order valence-corrected chi connectivity index (χ4v) is 3.55. The second kappa shape index (κ2) is 8.39. The van der Waals surface area contributed by atoms with E-state index in [1.807, 2.05) is 30.3 Å². The number of aromatic nitrogens is 3. The van der Waals surface area contributed by atoms with Gasteiger partial charge in [0.2, 0.25) is 5.95 Å². The Kier molecular flexibility index (Phi) is 5.49. The minimum Gasteiger partial charge on any atom is -0.368 e. The number of benzene rings is 2. The number of rotatable bonds is 5. The van der Waals surface area contributed by atoms with Crippen LogP contribution in [0.3, 0.4) is 0 Å². The molecular formula is C24H24N6O. The molecule has 0 spiro atoms. The average molecular weight is 412 g/mol. The molecule has 2 heterocycles. The molecule has 0 aliphatic carbocycles. The van der Waals surface area contributed by atoms with Crippen molar-refractivity contribution in [2.75, 3.05) is 16.4 Å². The number of nitrogens with zero attached hydrogens (tertiary/aromatic N) is 3. The first kappa shape index (κ1) is 20.3. The van der Waals surface area contributed by atoms with Crippen LogP contribution in [0.15, 0.2) is 60.9 Å². The highest BCUT2D eigenvalue weighted by Gasteiger charge is 2.14. The first-order valence-corrected chi connectivity index (χ1v) is 10.1. The lowest BCUT2D eigenvalue weighted by atomic mass is 9.97. The SMILES string of the molecule is Cc1cc(NC(=O)c2cccnc2Nc2ccc3nc(N)ncc3c2)ccc1C(C)C. The van der Waals surface area contributed by atoms with E-state index in [4.69, 9.17) is 5.73 Å². The molecule has 0 bridgehead atoms. The Morgan fingerprint density at radius 1 is 1.03 bits per heavy atom. The second-order valence-corrected chi connectivity index (χ2v) is 7.71. The smallest absolute Gasteiger partial charge is 0.259 e. The summed E-state index contributed by atoms with van der Waals surface area (Å²) in [5, 5.41) is 7.03. The van der Waals surface area contributed by atoms with Crippen LogP contribution in [0.2, 0.25) is 0 Å². The highest BCUT2D eigenvalue weighted by atomic mass is 16.1. The minimum absolute atomic E-state index is 0.230. The van der Waals surface area contributed by atoms with Crippen molar-refractivity contribution < 1.29 is 4.79 Å². The van der Waals surface area contributed by atoms with Gasteiger partial charge in [-0.05, 0) is 66.4 Å². The lowest BCUT2D eigenvalue weighted by Gasteiger charge is -2.14. The maximum Gasteiger partial charge on any atom is 0.259 e. The van der Waals surface area contributed by atoms with Gasteiger partial charge in [-0.3, -0.25) is 4.79 Å². The molecule has 4 rings (SSSR count). The van der Waals surface area contributed by atoms with Crippen LogP contribution in [0, 0.1) is 6.92 Å². The van der Waals surface area contributed by atoms with Gasteiger partial charge in [-0.1, -0.05) is 19.9 Å². The molecule has 7 heteroatoms. The number of nitrogens with two attached hydrogens (primary N) is 1. The molecule has 0 aliphatic heterocycles. The quantitative estimate of drug-likeness (QED) is 0.424. The number of carbonyl (C=O) groups excluding carboxylic acids is 1. The number of hydrogen-bond acceptors (Lipinski definition) is 6. The second-order valence-electron chi connectivity index (χ2n) is 7.71. The molecule has 156 valence electrons. The number of nitrogens with one attached hydrogen (secondary N) is 2. The Hall–Kier alpha value is -4.00. The van der Waals surface area contributed by atoms with E-state index in [0.29, 0.717) is 17.3 Å². The summed E-state index contributed by atoms with van der Waals surface area (Å²) >= 11 is 0. The van der Waals surface area contributed by atoms with Crippen molar-refractivity contribution >= 4 is 40.0 Å². The summed E-state index contributed by atoms with van der Waals surface area (Å²) in [6, 6.07) is 15.1. The standard InChI is InChI=1S/C24H24N6O/c1-14(2)19-8-6-17(11-15(19)3)29-23(31)20-5-4-10-26-22(20)28-18-7-9-21-16(12-18)13-27-24(25)30-21/h4-14H,1-3H3,(H,26,28)(H,29,31)(H2,25,27,30). The van der Waals surface area contributed by atoms with E-state index in [9.17, 15) is 4.79 Å². The summed E-state index contributed by atoms with van der Waals surface area (Å²) in [6.45, 7) is 6.36. The number of amides is 1. The highest BCUT2D eigenvalue weighted by molar-refractivity contribution is 6.08. The third-order valence-electron chi connectivity index (χ3n) is 5.06. The molecule has 0 aliphatic rings. The van der Waals surface area contributed by atoms with Gasteiger partial charge in [0.25, 0.3) is 5.91 Å². The van der Waals surface area contributed by atoms with Crippen LogP contribution in [0.25, 0.3) is 10.9 Å². The molecule has 2 aromatic heterocycles. The number of pyridine rings is 1. The molecule has 0 saturated heterocycles. The molecule has 7 nitrogen and oxygen atoms in total. The molecule has 4 aromatic rings. The normalized spacial score (nSPS) is 11.0. The van der Waals surface area contributed by atoms with Crippen molar-refractivity contribution in [1.29, 1.82) is 0 Å². The molecular weight excluding hydrogens is 388 g/mol. The van der Waals surface area contributed by atoms with Gasteiger partial charge < -0.3 is 16.4 Å². The van der Waals surface area contributed by atoms with Gasteiger partial charge in [0, 0.05) is 29.2 Å². The molecule has 2 aromatic carbocycles. The Bertz CT molecular complexity index is 1270. The van der Waals surface area contributed by atoms with Crippen molar-refractivity contribution in [3.63, 3.8) is 0 Å². The van der Waals surface area contributed by atoms with Gasteiger partial charge in [-0.15, -0.1) is 0 Å². The van der Waals surface area contributed by atoms with E-state index in [1.54, 1.807) is 24.5 Å². The summed E-state index contributed by atoms with van der Waals surface area (Å²) in [7, 11) is 0. The molecule has 1 amide bonds. The van der Waals surface area contributed by atoms with Gasteiger partial charge in [0.15, 0.2) is 0 Å². The third-order valence-corrected chi connectivity index (χ3v) is 5.06. The summed E-state index contributed by atoms with van der Waals surface area (Å²) in [5.74, 6) is 0.895. The zero-order chi connectivity index (χ0) is 22.0. The van der Waals surface area contributed by atoms with Crippen LogP contribution < -0.4 is 16.4 Å². The maximum absolute atomic E-state index is 13.0. The number of aryl methyl sites for hydroxylation is 1. The van der Waals surface area contributed by atoms with Gasteiger partial charge >= 0.3 is 0 Å². The summed E-state index contributed by atoms with van der Waals surface area (Å²) in [6.07, 6.45) is 3.31. The van der Waals surface area contributed by atoms with Crippen LogP contribution in [0.1, 0.15) is 41.3 Å². The third kappa shape index (κ3) is 4.45. The number of hydrogen-bond donors (Lipinski definition) is 3. The first-order chi connectivity index (χ1) is 14.9. The van der Waals surface area contributed by atoms with Crippen LogP contribution in [-0.4, -0.2) is 20.9 Å². The number of carbonyl (C=O) groups is 1. The fraction of sp³-hybridized carbons (Fsp3) is 0.167. The van der Waals surface area contributed by atoms with Crippen molar-refractivity contribution in [3.8, 4) is 0 Å². The van der Waals surface area contributed by atoms with E-state index in [-0.39, 0.29) is 11.9 Å². The Morgan fingerprint density at radius 2 is 1.84 bits per heavy atom. The molecule has 31 heavy (non-hydrogen) atoms. The Morgan fingerprint density at radius 3 is 2.61 bits per heavy atom. The summed E-state index contributed by atoms with van der Waals surface area (Å²) in [5.41, 5.74) is 10.8. The van der Waals surface area contributed by atoms with E-state index in [1.165, 1.54) is 5.56 Å². The Labute approximate surface area is 180 Å². The summed E-state index contributed by atoms with van der Waals surface area (Å²) < 4.78 is 0. The molecule has 0 fully saturated rings. The highest BCUT2D eigenvalue weighted by Crippen LogP contribution is 2.25. The van der Waals surface area contributed by atoms with Gasteiger partial charge in [0.1, 0.15) is 5.82 Å². The number of anilines is 4. The van der Waals surface area contributed by atoms with Crippen molar-refractivity contribution in [1.82, 2.24) is 15.0 Å². The topological polar surface area (TPSA) is 106 Å². The van der Waals surface area contributed by atoms with Crippen LogP contribution in [0.5, 0.6) is 0 Å². The predicted octanol–water partition coefficient (Wildman–Crippen LogP) is 5.03. The molecule has 0 atom stereocenters. The van der Waals surface area contributed by atoms with Crippen molar-refractivity contribution in [2.45, 2.75) is 26.7 Å². The van der Waals surface area contributed by atoms with E-state index in [2.05, 4.69) is 52.4 Å². The predicted molar refractivity (Wildman–Crippen MR) is 125 cm³/mol. The lowest BCUT2D eigenvalue weighted by Crippen LogP contribution is -2.15. The van der Waals surface area contributed by atoms with Crippen LogP contribution in [-0.2, 0) is 0 Å². The number of nitrogen functional groups attached to an aromatic ring is 1. The monoisotopic (exact) mass is 412 g/mol.